The molecular formula is C33H24O4. The molecule has 6 rings (SSSR count). The summed E-state index contributed by atoms with van der Waals surface area (Å²) in [6, 6.07) is 35.5. The summed E-state index contributed by atoms with van der Waals surface area (Å²) in [4.78, 5) is 27.8. The van der Waals surface area contributed by atoms with Gasteiger partial charge in [-0.1, -0.05) is 109 Å². The second-order valence-electron chi connectivity index (χ2n) is 9.06. The average molecular weight is 485 g/mol. The number of benzene rings is 4. The highest BCUT2D eigenvalue weighted by atomic mass is 16.5. The van der Waals surface area contributed by atoms with Crippen LogP contribution in [0.2, 0.25) is 0 Å². The Morgan fingerprint density at radius 1 is 0.514 bits per heavy atom. The van der Waals surface area contributed by atoms with Gasteiger partial charge in [0.1, 0.15) is 0 Å². The molecule has 0 saturated heterocycles. The van der Waals surface area contributed by atoms with Crippen LogP contribution in [0.25, 0.3) is 22.3 Å². The SMILES string of the molecule is COC(=O)C1(C(=O)OC)C(c2ccccc2)=C2C(=C(c3ccccc3)c3ccccc32)c2ccccc21. The van der Waals surface area contributed by atoms with Crippen LogP contribution in [0.1, 0.15) is 33.4 Å². The Balaban J connectivity index is 1.90. The maximum atomic E-state index is 13.9. The van der Waals surface area contributed by atoms with Crippen LogP contribution in [0.5, 0.6) is 0 Å². The standard InChI is InChI=1S/C33H24O4/c1-36-31(34)33(32(35)37-2)26-20-12-11-19-25(26)28-27(21-13-5-3-6-14-21)23-17-9-10-18-24(23)29(28)30(33)22-15-7-4-8-16-22/h3-20H,1-2H3. The third-order valence-electron chi connectivity index (χ3n) is 7.30. The lowest BCUT2D eigenvalue weighted by Crippen LogP contribution is -2.48. The number of allylic oxidation sites excluding steroid dienone is 2. The van der Waals surface area contributed by atoms with Crippen molar-refractivity contribution in [1.82, 2.24) is 0 Å². The predicted molar refractivity (Wildman–Crippen MR) is 144 cm³/mol. The second kappa shape index (κ2) is 8.75. The molecule has 0 amide bonds. The van der Waals surface area contributed by atoms with E-state index in [9.17, 15) is 9.59 Å². The van der Waals surface area contributed by atoms with Gasteiger partial charge in [0.05, 0.1) is 14.2 Å². The molecule has 4 heteroatoms. The van der Waals surface area contributed by atoms with Gasteiger partial charge in [-0.2, -0.15) is 0 Å². The third kappa shape index (κ3) is 3.09. The molecular weight excluding hydrogens is 460 g/mol. The monoisotopic (exact) mass is 484 g/mol. The molecule has 0 aromatic heterocycles. The average Bonchev–Trinajstić information content (AvgIpc) is 3.31. The van der Waals surface area contributed by atoms with Crippen LogP contribution in [0, 0.1) is 0 Å². The van der Waals surface area contributed by atoms with Gasteiger partial charge in [-0.05, 0) is 50.1 Å². The van der Waals surface area contributed by atoms with E-state index in [-0.39, 0.29) is 0 Å². The van der Waals surface area contributed by atoms with Crippen molar-refractivity contribution >= 4 is 34.2 Å². The Morgan fingerprint density at radius 3 is 1.54 bits per heavy atom. The normalized spacial score (nSPS) is 15.0. The fourth-order valence-electron chi connectivity index (χ4n) is 5.88. The molecule has 0 saturated carbocycles. The molecule has 0 bridgehead atoms. The molecule has 37 heavy (non-hydrogen) atoms. The number of fused-ring (bicyclic) bond motifs is 5. The van der Waals surface area contributed by atoms with Gasteiger partial charge in [0, 0.05) is 5.57 Å². The van der Waals surface area contributed by atoms with Crippen LogP contribution in [0.15, 0.2) is 109 Å². The summed E-state index contributed by atoms with van der Waals surface area (Å²) >= 11 is 0. The Labute approximate surface area is 215 Å². The van der Waals surface area contributed by atoms with E-state index >= 15 is 0 Å². The summed E-state index contributed by atoms with van der Waals surface area (Å²) in [5.74, 6) is -1.36. The fraction of sp³-hybridized carbons (Fsp3) is 0.0909. The Bertz CT molecular complexity index is 1590. The molecule has 2 aliphatic rings. The molecule has 0 N–H and O–H groups in total. The highest BCUT2D eigenvalue weighted by Crippen LogP contribution is 2.60. The van der Waals surface area contributed by atoms with Crippen molar-refractivity contribution in [2.45, 2.75) is 5.41 Å². The van der Waals surface area contributed by atoms with Crippen molar-refractivity contribution in [3.63, 3.8) is 0 Å². The molecule has 4 aromatic carbocycles. The highest BCUT2D eigenvalue weighted by molar-refractivity contribution is 6.37. The van der Waals surface area contributed by atoms with Gasteiger partial charge in [0.15, 0.2) is 0 Å². The number of rotatable bonds is 4. The number of hydrogen-bond donors (Lipinski definition) is 0. The van der Waals surface area contributed by atoms with Gasteiger partial charge < -0.3 is 9.47 Å². The van der Waals surface area contributed by atoms with Gasteiger partial charge >= 0.3 is 11.9 Å². The van der Waals surface area contributed by atoms with E-state index in [1.165, 1.54) is 14.2 Å². The maximum Gasteiger partial charge on any atom is 0.332 e. The Kier molecular flexibility index (Phi) is 5.38. The Hall–Kier alpha value is -4.70. The van der Waals surface area contributed by atoms with Gasteiger partial charge in [0.2, 0.25) is 5.41 Å². The molecule has 0 aliphatic heterocycles. The minimum atomic E-state index is -1.81. The molecule has 4 aromatic rings. The van der Waals surface area contributed by atoms with E-state index in [1.807, 2.05) is 84.9 Å². The summed E-state index contributed by atoms with van der Waals surface area (Å²) in [5.41, 5.74) is 6.84. The van der Waals surface area contributed by atoms with Crippen molar-refractivity contribution in [2.75, 3.05) is 14.2 Å². The summed E-state index contributed by atoms with van der Waals surface area (Å²) in [6.45, 7) is 0. The van der Waals surface area contributed by atoms with Crippen LogP contribution < -0.4 is 0 Å². The topological polar surface area (TPSA) is 52.6 Å². The van der Waals surface area contributed by atoms with E-state index < -0.39 is 17.4 Å². The van der Waals surface area contributed by atoms with Crippen molar-refractivity contribution in [3.05, 3.63) is 143 Å². The summed E-state index contributed by atoms with van der Waals surface area (Å²) in [5, 5.41) is 0. The van der Waals surface area contributed by atoms with Crippen molar-refractivity contribution < 1.29 is 19.1 Å². The van der Waals surface area contributed by atoms with Gasteiger partial charge in [-0.25, -0.2) is 0 Å². The fourth-order valence-corrected chi connectivity index (χ4v) is 5.88. The van der Waals surface area contributed by atoms with E-state index in [0.717, 1.165) is 44.5 Å². The minimum Gasteiger partial charge on any atom is -0.468 e. The van der Waals surface area contributed by atoms with Crippen molar-refractivity contribution in [3.8, 4) is 0 Å². The largest absolute Gasteiger partial charge is 0.468 e. The lowest BCUT2D eigenvalue weighted by Gasteiger charge is -2.38. The Morgan fingerprint density at radius 2 is 0.973 bits per heavy atom. The zero-order valence-corrected chi connectivity index (χ0v) is 20.5. The maximum absolute atomic E-state index is 13.9. The molecule has 4 nitrogen and oxygen atoms in total. The van der Waals surface area contributed by atoms with E-state index in [4.69, 9.17) is 9.47 Å². The summed E-state index contributed by atoms with van der Waals surface area (Å²) < 4.78 is 10.8. The number of hydrogen-bond acceptors (Lipinski definition) is 4. The molecule has 0 spiro atoms. The van der Waals surface area contributed by atoms with Crippen LogP contribution in [0.3, 0.4) is 0 Å². The van der Waals surface area contributed by atoms with E-state index in [0.29, 0.717) is 11.1 Å². The van der Waals surface area contributed by atoms with Gasteiger partial charge in [-0.3, -0.25) is 9.59 Å². The zero-order chi connectivity index (χ0) is 25.6. The van der Waals surface area contributed by atoms with Crippen LogP contribution >= 0.6 is 0 Å². The van der Waals surface area contributed by atoms with Crippen LogP contribution in [-0.4, -0.2) is 26.2 Å². The highest BCUT2D eigenvalue weighted by Gasteiger charge is 2.59. The third-order valence-corrected chi connectivity index (χ3v) is 7.30. The molecule has 0 heterocycles. The summed E-state index contributed by atoms with van der Waals surface area (Å²) in [6.07, 6.45) is 0. The van der Waals surface area contributed by atoms with Crippen molar-refractivity contribution in [1.29, 1.82) is 0 Å². The van der Waals surface area contributed by atoms with Crippen LogP contribution in [-0.2, 0) is 24.5 Å². The van der Waals surface area contributed by atoms with Gasteiger partial charge in [0.25, 0.3) is 0 Å². The molecule has 0 fully saturated rings. The minimum absolute atomic E-state index is 0.549. The van der Waals surface area contributed by atoms with Crippen molar-refractivity contribution in [2.24, 2.45) is 0 Å². The number of methoxy groups -OCH3 is 2. The number of ether oxygens (including phenoxy) is 2. The smallest absolute Gasteiger partial charge is 0.332 e. The first-order valence-corrected chi connectivity index (χ1v) is 12.1. The predicted octanol–water partition coefficient (Wildman–Crippen LogP) is 6.17. The zero-order valence-electron chi connectivity index (χ0n) is 20.5. The first kappa shape index (κ1) is 22.7. The summed E-state index contributed by atoms with van der Waals surface area (Å²) in [7, 11) is 2.62. The molecule has 2 aliphatic carbocycles. The molecule has 0 atom stereocenters. The molecule has 0 unspecified atom stereocenters. The number of carbonyl (C=O) groups excluding carboxylic acids is 2. The number of esters is 2. The van der Waals surface area contributed by atoms with E-state index in [1.54, 1.807) is 0 Å². The first-order chi connectivity index (χ1) is 18.1. The molecule has 180 valence electrons. The first-order valence-electron chi connectivity index (χ1n) is 12.1. The lowest BCUT2D eigenvalue weighted by molar-refractivity contribution is -0.158. The van der Waals surface area contributed by atoms with Crippen LogP contribution in [0.4, 0.5) is 0 Å². The lowest BCUT2D eigenvalue weighted by atomic mass is 9.62. The quantitative estimate of drug-likeness (QED) is 0.257. The number of carbonyl (C=O) groups is 2. The van der Waals surface area contributed by atoms with E-state index in [2.05, 4.69) is 24.3 Å². The second-order valence-corrected chi connectivity index (χ2v) is 9.06. The molecule has 0 radical (unpaired) electrons. The van der Waals surface area contributed by atoms with Gasteiger partial charge in [-0.15, -0.1) is 0 Å².